The zero-order chi connectivity index (χ0) is 64.2. The fourth-order valence-electron chi connectivity index (χ4n) is 14.4. The van der Waals surface area contributed by atoms with Gasteiger partial charge in [0.15, 0.2) is 0 Å². The molecule has 0 aliphatic heterocycles. The van der Waals surface area contributed by atoms with Gasteiger partial charge in [0.25, 0.3) is 0 Å². The number of nitrogens with zero attached hydrogens (tertiary/aromatic N) is 2. The van der Waals surface area contributed by atoms with Gasteiger partial charge in [0, 0.05) is 13.1 Å². The molecule has 526 valence electrons. The van der Waals surface area contributed by atoms with Gasteiger partial charge in [0.1, 0.15) is 6.10 Å². The molecule has 3 heteroatoms. The highest BCUT2D eigenvalue weighted by Gasteiger charge is 2.14. The van der Waals surface area contributed by atoms with Crippen LogP contribution in [0.2, 0.25) is 0 Å². The van der Waals surface area contributed by atoms with Crippen molar-refractivity contribution >= 4 is 0 Å². The van der Waals surface area contributed by atoms with E-state index in [1.54, 1.807) is 0 Å². The minimum atomic E-state index is -0.592. The van der Waals surface area contributed by atoms with Gasteiger partial charge >= 0.3 is 0 Å². The van der Waals surface area contributed by atoms with Crippen molar-refractivity contribution in [3.05, 3.63) is 70.8 Å². The SMILES string of the molecule is CCCCCCCCCCCCCCCCCCN(CCCCCCCCCCCCCCCCCC)Cc1ccc(C(O)c2ccc(CN(CCCCCCCCCCCCCCCCCC)CCCCCCCCCCCCCCCCCC)cc2)cc1. The van der Waals surface area contributed by atoms with Crippen LogP contribution in [0, 0.1) is 0 Å². The molecule has 2 aromatic rings. The van der Waals surface area contributed by atoms with E-state index in [0.717, 1.165) is 24.2 Å². The van der Waals surface area contributed by atoms with Crippen LogP contribution in [0.15, 0.2) is 48.5 Å². The highest BCUT2D eigenvalue weighted by Crippen LogP contribution is 2.26. The molecule has 0 atom stereocenters. The zero-order valence-electron chi connectivity index (χ0n) is 62.0. The van der Waals surface area contributed by atoms with E-state index in [-0.39, 0.29) is 0 Å². The van der Waals surface area contributed by atoms with E-state index < -0.39 is 6.10 Å². The number of benzene rings is 2. The van der Waals surface area contributed by atoms with E-state index in [1.807, 2.05) is 0 Å². The van der Waals surface area contributed by atoms with Gasteiger partial charge in [-0.3, -0.25) is 9.80 Å². The fourth-order valence-corrected chi connectivity index (χ4v) is 14.4. The lowest BCUT2D eigenvalue weighted by atomic mass is 9.99. The molecule has 3 nitrogen and oxygen atoms in total. The Morgan fingerprint density at radius 1 is 0.200 bits per heavy atom. The van der Waals surface area contributed by atoms with E-state index in [9.17, 15) is 5.11 Å². The highest BCUT2D eigenvalue weighted by molar-refractivity contribution is 5.33. The molecule has 0 saturated heterocycles. The summed E-state index contributed by atoms with van der Waals surface area (Å²) < 4.78 is 0. The standard InChI is InChI=1S/C87H162N2O/c1-5-9-13-17-21-25-29-33-37-41-45-49-53-57-61-65-77-88(78-66-62-58-54-50-46-42-38-34-30-26-22-18-14-10-6-2)81-83-69-73-85(74-70-83)87(90)86-75-71-84(72-76-86)82-89(79-67-63-59-55-51-47-43-39-35-31-27-23-19-15-11-7-3)80-68-64-60-56-52-48-44-40-36-32-28-24-20-16-12-8-4/h69-76,87,90H,5-68,77-82H2,1-4H3. The van der Waals surface area contributed by atoms with Crippen molar-refractivity contribution in [1.29, 1.82) is 0 Å². The number of unbranched alkanes of at least 4 members (excludes halogenated alkanes) is 60. The smallest absolute Gasteiger partial charge is 0.104 e. The molecule has 0 radical (unpaired) electrons. The molecule has 0 saturated carbocycles. The average Bonchev–Trinajstić information content (AvgIpc) is 3.35. The topological polar surface area (TPSA) is 26.7 Å². The Bertz CT molecular complexity index is 1460. The number of aliphatic hydroxyl groups excluding tert-OH is 1. The molecule has 0 spiro atoms. The monoisotopic (exact) mass is 1250 g/mol. The van der Waals surface area contributed by atoms with Crippen LogP contribution in [0.1, 0.15) is 467 Å². The lowest BCUT2D eigenvalue weighted by Crippen LogP contribution is -2.25. The third-order valence-corrected chi connectivity index (χ3v) is 20.7. The van der Waals surface area contributed by atoms with Crippen molar-refractivity contribution < 1.29 is 5.11 Å². The molecule has 0 unspecified atom stereocenters. The Labute approximate surface area is 566 Å². The molecule has 0 fully saturated rings. The summed E-state index contributed by atoms with van der Waals surface area (Å²) in [6.45, 7) is 16.2. The second-order valence-corrected chi connectivity index (χ2v) is 29.7. The minimum Gasteiger partial charge on any atom is -0.384 e. The first kappa shape index (κ1) is 84.4. The Morgan fingerprint density at radius 2 is 0.333 bits per heavy atom. The second-order valence-electron chi connectivity index (χ2n) is 29.7. The van der Waals surface area contributed by atoms with Gasteiger partial charge in [-0.2, -0.15) is 0 Å². The van der Waals surface area contributed by atoms with Crippen molar-refractivity contribution in [2.45, 2.75) is 458 Å². The van der Waals surface area contributed by atoms with E-state index in [4.69, 9.17) is 0 Å². The minimum absolute atomic E-state index is 0.592. The van der Waals surface area contributed by atoms with E-state index in [0.29, 0.717) is 0 Å². The van der Waals surface area contributed by atoms with Crippen molar-refractivity contribution in [2.75, 3.05) is 26.2 Å². The Kier molecular flexibility index (Phi) is 64.4. The molecule has 0 bridgehead atoms. The highest BCUT2D eigenvalue weighted by atomic mass is 16.3. The molecule has 0 aliphatic carbocycles. The molecular formula is C87H162N2O. The van der Waals surface area contributed by atoms with Crippen LogP contribution in [0.5, 0.6) is 0 Å². The quantitative estimate of drug-likeness (QED) is 0.0669. The predicted molar refractivity (Wildman–Crippen MR) is 406 cm³/mol. The maximum atomic E-state index is 11.8. The first-order valence-corrected chi connectivity index (χ1v) is 41.9. The molecular weight excluding hydrogens is 1090 g/mol. The first-order chi connectivity index (χ1) is 44.6. The normalized spacial score (nSPS) is 11.9. The van der Waals surface area contributed by atoms with Gasteiger partial charge in [0.05, 0.1) is 0 Å². The van der Waals surface area contributed by atoms with Crippen LogP contribution in [0.3, 0.4) is 0 Å². The van der Waals surface area contributed by atoms with Gasteiger partial charge in [0.2, 0.25) is 0 Å². The maximum absolute atomic E-state index is 11.8. The third-order valence-electron chi connectivity index (χ3n) is 20.7. The van der Waals surface area contributed by atoms with Crippen molar-refractivity contribution in [2.24, 2.45) is 0 Å². The number of hydrogen-bond donors (Lipinski definition) is 1. The summed E-state index contributed by atoms with van der Waals surface area (Å²) in [4.78, 5) is 5.53. The summed E-state index contributed by atoms with van der Waals surface area (Å²) in [5, 5.41) is 11.8. The number of aliphatic hydroxyl groups is 1. The largest absolute Gasteiger partial charge is 0.384 e. The van der Waals surface area contributed by atoms with Crippen molar-refractivity contribution in [1.82, 2.24) is 9.80 Å². The summed E-state index contributed by atoms with van der Waals surface area (Å²) >= 11 is 0. The van der Waals surface area contributed by atoms with Crippen molar-refractivity contribution in [3.63, 3.8) is 0 Å². The van der Waals surface area contributed by atoms with Crippen LogP contribution in [-0.4, -0.2) is 41.1 Å². The molecule has 0 amide bonds. The predicted octanol–water partition coefficient (Wildman–Crippen LogP) is 29.4. The molecule has 0 aromatic heterocycles. The van der Waals surface area contributed by atoms with E-state index in [2.05, 4.69) is 86.0 Å². The van der Waals surface area contributed by atoms with E-state index in [1.165, 1.54) is 448 Å². The summed E-state index contributed by atoms with van der Waals surface area (Å²) in [5.74, 6) is 0. The Hall–Kier alpha value is -1.68. The lowest BCUT2D eigenvalue weighted by Gasteiger charge is -2.23. The fraction of sp³-hybridized carbons (Fsp3) is 0.862. The van der Waals surface area contributed by atoms with Gasteiger partial charge in [-0.15, -0.1) is 0 Å². The first-order valence-electron chi connectivity index (χ1n) is 41.9. The summed E-state index contributed by atoms with van der Waals surface area (Å²) in [6.07, 6.45) is 90.6. The third kappa shape index (κ3) is 55.6. The van der Waals surface area contributed by atoms with Gasteiger partial charge < -0.3 is 5.11 Å². The zero-order valence-corrected chi connectivity index (χ0v) is 62.0. The van der Waals surface area contributed by atoms with Crippen LogP contribution in [0.25, 0.3) is 0 Å². The lowest BCUT2D eigenvalue weighted by molar-refractivity contribution is 0.220. The molecule has 0 heterocycles. The Morgan fingerprint density at radius 3 is 0.478 bits per heavy atom. The summed E-state index contributed by atoms with van der Waals surface area (Å²) in [6, 6.07) is 18.1. The summed E-state index contributed by atoms with van der Waals surface area (Å²) in [7, 11) is 0. The van der Waals surface area contributed by atoms with Crippen LogP contribution in [0.4, 0.5) is 0 Å². The second kappa shape index (κ2) is 68.7. The maximum Gasteiger partial charge on any atom is 0.104 e. The molecule has 2 rings (SSSR count). The van der Waals surface area contributed by atoms with Crippen LogP contribution < -0.4 is 0 Å². The van der Waals surface area contributed by atoms with E-state index >= 15 is 0 Å². The summed E-state index contributed by atoms with van der Waals surface area (Å²) in [5.41, 5.74) is 4.82. The number of hydrogen-bond acceptors (Lipinski definition) is 3. The molecule has 90 heavy (non-hydrogen) atoms. The van der Waals surface area contributed by atoms with Gasteiger partial charge in [-0.1, -0.05) is 461 Å². The average molecular weight is 1250 g/mol. The van der Waals surface area contributed by atoms with Gasteiger partial charge in [-0.05, 0) is 74.1 Å². The van der Waals surface area contributed by atoms with Crippen molar-refractivity contribution in [3.8, 4) is 0 Å². The number of rotatable bonds is 74. The van der Waals surface area contributed by atoms with Crippen LogP contribution >= 0.6 is 0 Å². The Balaban J connectivity index is 1.85. The van der Waals surface area contributed by atoms with Gasteiger partial charge in [-0.25, -0.2) is 0 Å². The van der Waals surface area contributed by atoms with Crippen LogP contribution in [-0.2, 0) is 13.1 Å². The molecule has 2 aromatic carbocycles. The molecule has 0 aliphatic rings. The molecule has 1 N–H and O–H groups in total.